The molecule has 0 fully saturated rings. The van der Waals surface area contributed by atoms with E-state index in [9.17, 15) is 14.0 Å². The molecule has 1 aromatic carbocycles. The summed E-state index contributed by atoms with van der Waals surface area (Å²) in [5.74, 6) is -0.353. The zero-order valence-electron chi connectivity index (χ0n) is 15.8. The number of aromatic nitrogens is 3. The molecule has 0 atom stereocenters. The molecule has 2 heterocycles. The number of thioether (sulfide) groups is 1. The van der Waals surface area contributed by atoms with Crippen molar-refractivity contribution in [1.29, 1.82) is 0 Å². The average Bonchev–Trinajstić information content (AvgIpc) is 3.33. The fourth-order valence-electron chi connectivity index (χ4n) is 2.28. The molecular weight excluding hydrogens is 455 g/mol. The Morgan fingerprint density at radius 2 is 2.13 bits per heavy atom. The van der Waals surface area contributed by atoms with Crippen molar-refractivity contribution in [2.75, 3.05) is 18.2 Å². The molecule has 0 spiro atoms. The molecule has 1 N–H and O–H groups in total. The number of benzene rings is 1. The van der Waals surface area contributed by atoms with Gasteiger partial charge in [0, 0.05) is 13.1 Å². The highest BCUT2D eigenvalue weighted by Crippen LogP contribution is 2.25. The van der Waals surface area contributed by atoms with Crippen LogP contribution >= 0.6 is 34.7 Å². The van der Waals surface area contributed by atoms with E-state index in [-0.39, 0.29) is 23.3 Å². The van der Waals surface area contributed by atoms with Gasteiger partial charge >= 0.3 is 5.97 Å². The van der Waals surface area contributed by atoms with Crippen molar-refractivity contribution in [3.05, 3.63) is 51.9 Å². The van der Waals surface area contributed by atoms with Gasteiger partial charge in [-0.3, -0.25) is 4.79 Å². The van der Waals surface area contributed by atoms with Crippen molar-refractivity contribution in [3.8, 4) is 5.75 Å². The van der Waals surface area contributed by atoms with E-state index in [4.69, 9.17) is 16.3 Å². The van der Waals surface area contributed by atoms with Crippen LogP contribution in [-0.2, 0) is 23.2 Å². The standard InChI is InChI=1S/C18H16ClFN4O4S2/c1-24-14(8-28-10-3-4-13(20)12(19)7-10)22-23-18(24)30-9-15(25)21-16-11(5-6-29-16)17(26)27-2/h3-7H,8-9H2,1-2H3,(H,21,25). The van der Waals surface area contributed by atoms with E-state index in [1.807, 2.05) is 0 Å². The van der Waals surface area contributed by atoms with E-state index < -0.39 is 11.8 Å². The summed E-state index contributed by atoms with van der Waals surface area (Å²) >= 11 is 8.15. The summed E-state index contributed by atoms with van der Waals surface area (Å²) in [5.41, 5.74) is 0.305. The molecule has 158 valence electrons. The van der Waals surface area contributed by atoms with Crippen LogP contribution in [0.3, 0.4) is 0 Å². The van der Waals surface area contributed by atoms with Crippen molar-refractivity contribution >= 4 is 51.6 Å². The van der Waals surface area contributed by atoms with Gasteiger partial charge in [-0.15, -0.1) is 21.5 Å². The van der Waals surface area contributed by atoms with Crippen molar-refractivity contribution in [2.45, 2.75) is 11.8 Å². The molecule has 3 aromatic rings. The SMILES string of the molecule is COC(=O)c1ccsc1NC(=O)CSc1nnc(COc2ccc(F)c(Cl)c2)n1C. The molecule has 0 bridgehead atoms. The lowest BCUT2D eigenvalue weighted by atomic mass is 10.3. The molecule has 0 saturated heterocycles. The third kappa shape index (κ3) is 5.29. The first-order valence-corrected chi connectivity index (χ1v) is 10.7. The third-order valence-corrected chi connectivity index (χ3v) is 5.98. The van der Waals surface area contributed by atoms with Crippen LogP contribution < -0.4 is 10.1 Å². The molecule has 0 radical (unpaired) electrons. The average molecular weight is 471 g/mol. The summed E-state index contributed by atoms with van der Waals surface area (Å²) in [6.07, 6.45) is 0. The highest BCUT2D eigenvalue weighted by molar-refractivity contribution is 7.99. The van der Waals surface area contributed by atoms with Crippen LogP contribution in [0, 0.1) is 5.82 Å². The molecule has 2 aromatic heterocycles. The Balaban J connectivity index is 1.54. The van der Waals surface area contributed by atoms with Crippen LogP contribution in [0.25, 0.3) is 0 Å². The zero-order chi connectivity index (χ0) is 21.7. The molecule has 1 amide bonds. The fourth-order valence-corrected chi connectivity index (χ4v) is 3.97. The lowest BCUT2D eigenvalue weighted by molar-refractivity contribution is -0.113. The van der Waals surface area contributed by atoms with Gasteiger partial charge in [-0.2, -0.15) is 0 Å². The van der Waals surface area contributed by atoms with Gasteiger partial charge < -0.3 is 19.4 Å². The minimum absolute atomic E-state index is 0.0335. The van der Waals surface area contributed by atoms with Crippen LogP contribution in [-0.4, -0.2) is 39.5 Å². The number of nitrogens with one attached hydrogen (secondary N) is 1. The van der Waals surface area contributed by atoms with Gasteiger partial charge in [0.1, 0.15) is 23.2 Å². The highest BCUT2D eigenvalue weighted by atomic mass is 35.5. The number of carbonyl (C=O) groups excluding carboxylic acids is 2. The number of ether oxygens (including phenoxy) is 2. The Labute approximate surface area is 184 Å². The second kappa shape index (κ2) is 9.92. The number of esters is 1. The Morgan fingerprint density at radius 3 is 2.87 bits per heavy atom. The fraction of sp³-hybridized carbons (Fsp3) is 0.222. The van der Waals surface area contributed by atoms with Crippen LogP contribution in [0.4, 0.5) is 9.39 Å². The monoisotopic (exact) mass is 470 g/mol. The van der Waals surface area contributed by atoms with Gasteiger partial charge in [-0.25, -0.2) is 9.18 Å². The van der Waals surface area contributed by atoms with E-state index in [0.717, 1.165) is 0 Å². The quantitative estimate of drug-likeness (QED) is 0.395. The maximum Gasteiger partial charge on any atom is 0.340 e. The molecule has 3 rings (SSSR count). The highest BCUT2D eigenvalue weighted by Gasteiger charge is 2.17. The van der Waals surface area contributed by atoms with E-state index >= 15 is 0 Å². The second-order valence-corrected chi connectivity index (χ2v) is 8.08. The minimum Gasteiger partial charge on any atom is -0.486 e. The smallest absolute Gasteiger partial charge is 0.340 e. The van der Waals surface area contributed by atoms with Crippen LogP contribution in [0.5, 0.6) is 5.75 Å². The first-order valence-electron chi connectivity index (χ1n) is 8.43. The number of anilines is 1. The van der Waals surface area contributed by atoms with Crippen molar-refractivity contribution in [1.82, 2.24) is 14.8 Å². The first-order chi connectivity index (χ1) is 14.4. The van der Waals surface area contributed by atoms with Gasteiger partial charge in [-0.05, 0) is 23.6 Å². The summed E-state index contributed by atoms with van der Waals surface area (Å²) in [4.78, 5) is 23.9. The lowest BCUT2D eigenvalue weighted by Gasteiger charge is -2.07. The van der Waals surface area contributed by atoms with Crippen molar-refractivity contribution in [3.63, 3.8) is 0 Å². The first kappa shape index (κ1) is 22.1. The molecule has 0 aliphatic carbocycles. The molecule has 0 aliphatic rings. The lowest BCUT2D eigenvalue weighted by Crippen LogP contribution is -2.16. The summed E-state index contributed by atoms with van der Waals surface area (Å²) in [6.45, 7) is 0.0932. The van der Waals surface area contributed by atoms with Gasteiger partial charge in [0.25, 0.3) is 0 Å². The summed E-state index contributed by atoms with van der Waals surface area (Å²) in [7, 11) is 3.02. The number of hydrogen-bond donors (Lipinski definition) is 1. The summed E-state index contributed by atoms with van der Waals surface area (Å²) in [5, 5.41) is 13.4. The molecule has 0 aliphatic heterocycles. The Bertz CT molecular complexity index is 1070. The van der Waals surface area contributed by atoms with Crippen molar-refractivity contribution < 1.29 is 23.5 Å². The predicted octanol–water partition coefficient (Wildman–Crippen LogP) is 3.77. The molecule has 8 nitrogen and oxygen atoms in total. The number of methoxy groups -OCH3 is 1. The third-order valence-electron chi connectivity index (χ3n) is 3.84. The van der Waals surface area contributed by atoms with E-state index in [2.05, 4.69) is 20.3 Å². The van der Waals surface area contributed by atoms with Gasteiger partial charge in [0.2, 0.25) is 5.91 Å². The number of nitrogens with zero attached hydrogens (tertiary/aromatic N) is 3. The molecular formula is C18H16ClFN4O4S2. The van der Waals surface area contributed by atoms with E-state index in [0.29, 0.717) is 27.3 Å². The van der Waals surface area contributed by atoms with Gasteiger partial charge in [0.15, 0.2) is 11.0 Å². The topological polar surface area (TPSA) is 95.3 Å². The van der Waals surface area contributed by atoms with Crippen molar-refractivity contribution in [2.24, 2.45) is 7.05 Å². The van der Waals surface area contributed by atoms with E-state index in [1.54, 1.807) is 23.1 Å². The van der Waals surface area contributed by atoms with Gasteiger partial charge in [-0.1, -0.05) is 23.4 Å². The minimum atomic E-state index is -0.527. The van der Waals surface area contributed by atoms with Crippen LogP contribution in [0.1, 0.15) is 16.2 Å². The Morgan fingerprint density at radius 1 is 1.33 bits per heavy atom. The summed E-state index contributed by atoms with van der Waals surface area (Å²) < 4.78 is 25.1. The normalized spacial score (nSPS) is 10.7. The number of thiophene rings is 1. The second-order valence-electron chi connectivity index (χ2n) is 5.81. The molecule has 12 heteroatoms. The summed E-state index contributed by atoms with van der Waals surface area (Å²) in [6, 6.07) is 5.64. The number of amides is 1. The molecule has 0 saturated carbocycles. The number of halogens is 2. The Kier molecular flexibility index (Phi) is 7.29. The molecule has 30 heavy (non-hydrogen) atoms. The van der Waals surface area contributed by atoms with Crippen LogP contribution in [0.2, 0.25) is 5.02 Å². The largest absolute Gasteiger partial charge is 0.486 e. The maximum absolute atomic E-state index is 13.2. The number of carbonyl (C=O) groups is 2. The number of hydrogen-bond acceptors (Lipinski definition) is 8. The van der Waals surface area contributed by atoms with E-state index in [1.165, 1.54) is 48.4 Å². The maximum atomic E-state index is 13.2. The zero-order valence-corrected chi connectivity index (χ0v) is 18.2. The molecule has 0 unspecified atom stereocenters. The number of rotatable bonds is 8. The van der Waals surface area contributed by atoms with Crippen LogP contribution in [0.15, 0.2) is 34.8 Å². The Hall–Kier alpha value is -2.63. The predicted molar refractivity (Wildman–Crippen MR) is 112 cm³/mol. The van der Waals surface area contributed by atoms with Gasteiger partial charge in [0.05, 0.1) is 23.4 Å².